The minimum atomic E-state index is -0.646. The molecule has 1 aromatic carbocycles. The molecule has 0 saturated carbocycles. The molecule has 0 saturated heterocycles. The van der Waals surface area contributed by atoms with Crippen LogP contribution in [0.2, 0.25) is 5.02 Å². The van der Waals surface area contributed by atoms with E-state index < -0.39 is 6.10 Å². The van der Waals surface area contributed by atoms with Crippen molar-refractivity contribution in [3.8, 4) is 0 Å². The molecule has 0 aliphatic rings. The molecular weight excluding hydrogens is 236 g/mol. The van der Waals surface area contributed by atoms with E-state index in [-0.39, 0.29) is 0 Å². The third kappa shape index (κ3) is 2.51. The molecular formula is C13H15ClN2O. The average molecular weight is 251 g/mol. The molecule has 0 spiro atoms. The topological polar surface area (TPSA) is 38.0 Å². The van der Waals surface area contributed by atoms with Gasteiger partial charge in [0.1, 0.15) is 6.10 Å². The lowest BCUT2D eigenvalue weighted by Gasteiger charge is -2.12. The van der Waals surface area contributed by atoms with Crippen molar-refractivity contribution in [3.05, 3.63) is 52.3 Å². The predicted octanol–water partition coefficient (Wildman–Crippen LogP) is 2.95. The van der Waals surface area contributed by atoms with Crippen LogP contribution >= 0.6 is 11.6 Å². The summed E-state index contributed by atoms with van der Waals surface area (Å²) in [6, 6.07) is 5.49. The molecule has 3 nitrogen and oxygen atoms in total. The maximum atomic E-state index is 10.3. The highest BCUT2D eigenvalue weighted by molar-refractivity contribution is 6.30. The third-order valence-corrected chi connectivity index (χ3v) is 3.05. The second-order valence-electron chi connectivity index (χ2n) is 4.03. The number of nitrogens with zero attached hydrogens (tertiary/aromatic N) is 2. The highest BCUT2D eigenvalue weighted by Gasteiger charge is 2.14. The molecule has 0 fully saturated rings. The summed E-state index contributed by atoms with van der Waals surface area (Å²) >= 11 is 5.90. The van der Waals surface area contributed by atoms with Crippen molar-refractivity contribution < 1.29 is 5.11 Å². The van der Waals surface area contributed by atoms with Crippen molar-refractivity contribution in [1.82, 2.24) is 9.78 Å². The number of halogens is 1. The monoisotopic (exact) mass is 250 g/mol. The van der Waals surface area contributed by atoms with Crippen molar-refractivity contribution in [2.45, 2.75) is 26.5 Å². The van der Waals surface area contributed by atoms with Gasteiger partial charge in [0, 0.05) is 23.3 Å². The molecule has 0 aliphatic carbocycles. The van der Waals surface area contributed by atoms with Gasteiger partial charge in [0.05, 0.1) is 6.20 Å². The van der Waals surface area contributed by atoms with Gasteiger partial charge < -0.3 is 5.11 Å². The highest BCUT2D eigenvalue weighted by atomic mass is 35.5. The summed E-state index contributed by atoms with van der Waals surface area (Å²) in [5.41, 5.74) is 2.65. The van der Waals surface area contributed by atoms with E-state index in [9.17, 15) is 5.11 Å². The highest BCUT2D eigenvalue weighted by Crippen LogP contribution is 2.26. The molecule has 2 rings (SSSR count). The summed E-state index contributed by atoms with van der Waals surface area (Å²) in [7, 11) is 0. The number of aromatic nitrogens is 2. The molecule has 1 atom stereocenters. The summed E-state index contributed by atoms with van der Waals surface area (Å²) < 4.78 is 1.80. The quantitative estimate of drug-likeness (QED) is 0.910. The fourth-order valence-electron chi connectivity index (χ4n) is 1.82. The van der Waals surface area contributed by atoms with E-state index in [4.69, 9.17) is 11.6 Å². The standard InChI is InChI=1S/C13H15ClN2O/c1-3-16-8-10(7-15-16)13(17)12-5-4-11(14)6-9(12)2/h4-8,13,17H,3H2,1-2H3. The smallest absolute Gasteiger partial charge is 0.107 e. The van der Waals surface area contributed by atoms with E-state index in [2.05, 4.69) is 5.10 Å². The normalized spacial score (nSPS) is 12.7. The van der Waals surface area contributed by atoms with Crippen LogP contribution in [-0.4, -0.2) is 14.9 Å². The molecule has 4 heteroatoms. The summed E-state index contributed by atoms with van der Waals surface area (Å²) in [6.45, 7) is 4.75. The minimum Gasteiger partial charge on any atom is -0.384 e. The number of aliphatic hydroxyl groups is 1. The predicted molar refractivity (Wildman–Crippen MR) is 68.2 cm³/mol. The Morgan fingerprint density at radius 3 is 2.82 bits per heavy atom. The molecule has 17 heavy (non-hydrogen) atoms. The Labute approximate surface area is 106 Å². The number of hydrogen-bond acceptors (Lipinski definition) is 2. The Morgan fingerprint density at radius 1 is 1.47 bits per heavy atom. The van der Waals surface area contributed by atoms with Crippen LogP contribution < -0.4 is 0 Å². The molecule has 1 N–H and O–H groups in total. The van der Waals surface area contributed by atoms with E-state index >= 15 is 0 Å². The molecule has 2 aromatic rings. The molecule has 0 aliphatic heterocycles. The zero-order chi connectivity index (χ0) is 12.4. The minimum absolute atomic E-state index is 0.646. The van der Waals surface area contributed by atoms with Gasteiger partial charge in [-0.05, 0) is 37.1 Å². The molecule has 1 heterocycles. The van der Waals surface area contributed by atoms with Crippen molar-refractivity contribution in [3.63, 3.8) is 0 Å². The number of aryl methyl sites for hydroxylation is 2. The number of hydrogen-bond donors (Lipinski definition) is 1. The SMILES string of the molecule is CCn1cc(C(O)c2ccc(Cl)cc2C)cn1. The lowest BCUT2D eigenvalue weighted by molar-refractivity contribution is 0.219. The van der Waals surface area contributed by atoms with Crippen LogP contribution in [0.15, 0.2) is 30.6 Å². The largest absolute Gasteiger partial charge is 0.384 e. The second kappa shape index (κ2) is 4.90. The van der Waals surface area contributed by atoms with E-state index in [0.717, 1.165) is 23.2 Å². The fraction of sp³-hybridized carbons (Fsp3) is 0.308. The first-order valence-electron chi connectivity index (χ1n) is 5.58. The van der Waals surface area contributed by atoms with Crippen LogP contribution in [-0.2, 0) is 6.54 Å². The summed E-state index contributed by atoms with van der Waals surface area (Å²) in [4.78, 5) is 0. The van der Waals surface area contributed by atoms with E-state index in [1.165, 1.54) is 0 Å². The lowest BCUT2D eigenvalue weighted by Crippen LogP contribution is -2.01. The van der Waals surface area contributed by atoms with Crippen molar-refractivity contribution in [1.29, 1.82) is 0 Å². The number of aliphatic hydroxyl groups excluding tert-OH is 1. The summed E-state index contributed by atoms with van der Waals surface area (Å²) in [5, 5.41) is 15.1. The molecule has 0 amide bonds. The van der Waals surface area contributed by atoms with Gasteiger partial charge in [-0.15, -0.1) is 0 Å². The Hall–Kier alpha value is -1.32. The zero-order valence-corrected chi connectivity index (χ0v) is 10.6. The van der Waals surface area contributed by atoms with Gasteiger partial charge >= 0.3 is 0 Å². The van der Waals surface area contributed by atoms with Gasteiger partial charge in [-0.25, -0.2) is 0 Å². The summed E-state index contributed by atoms with van der Waals surface area (Å²) in [6.07, 6.45) is 2.91. The summed E-state index contributed by atoms with van der Waals surface area (Å²) in [5.74, 6) is 0. The van der Waals surface area contributed by atoms with E-state index in [1.54, 1.807) is 16.9 Å². The molecule has 90 valence electrons. The number of benzene rings is 1. The van der Waals surface area contributed by atoms with Gasteiger partial charge in [-0.1, -0.05) is 17.7 Å². The first-order valence-corrected chi connectivity index (χ1v) is 5.96. The van der Waals surface area contributed by atoms with Crippen LogP contribution in [0.4, 0.5) is 0 Å². The lowest BCUT2D eigenvalue weighted by atomic mass is 10.00. The van der Waals surface area contributed by atoms with Gasteiger partial charge in [0.15, 0.2) is 0 Å². The first kappa shape index (κ1) is 12.1. The molecule has 1 unspecified atom stereocenters. The van der Waals surface area contributed by atoms with Crippen LogP contribution in [0.5, 0.6) is 0 Å². The van der Waals surface area contributed by atoms with E-state index in [1.807, 2.05) is 32.2 Å². The Morgan fingerprint density at radius 2 is 2.24 bits per heavy atom. The molecule has 0 radical (unpaired) electrons. The number of rotatable bonds is 3. The Bertz CT molecular complexity index is 522. The average Bonchev–Trinajstić information content (AvgIpc) is 2.76. The first-order chi connectivity index (χ1) is 8.11. The van der Waals surface area contributed by atoms with Crippen molar-refractivity contribution in [2.24, 2.45) is 0 Å². The van der Waals surface area contributed by atoms with Gasteiger partial charge in [0.25, 0.3) is 0 Å². The van der Waals surface area contributed by atoms with Crippen molar-refractivity contribution in [2.75, 3.05) is 0 Å². The Balaban J connectivity index is 2.33. The Kier molecular flexibility index (Phi) is 3.50. The van der Waals surface area contributed by atoms with E-state index in [0.29, 0.717) is 5.02 Å². The fourth-order valence-corrected chi connectivity index (χ4v) is 2.05. The second-order valence-corrected chi connectivity index (χ2v) is 4.47. The van der Waals surface area contributed by atoms with Crippen LogP contribution in [0.25, 0.3) is 0 Å². The van der Waals surface area contributed by atoms with Crippen molar-refractivity contribution >= 4 is 11.6 Å². The zero-order valence-electron chi connectivity index (χ0n) is 9.89. The van der Waals surface area contributed by atoms with Crippen LogP contribution in [0.3, 0.4) is 0 Å². The van der Waals surface area contributed by atoms with Gasteiger partial charge in [-0.3, -0.25) is 4.68 Å². The maximum absolute atomic E-state index is 10.3. The molecule has 1 aromatic heterocycles. The maximum Gasteiger partial charge on any atom is 0.107 e. The van der Waals surface area contributed by atoms with Gasteiger partial charge in [0.2, 0.25) is 0 Å². The molecule has 0 bridgehead atoms. The van der Waals surface area contributed by atoms with Crippen LogP contribution in [0, 0.1) is 6.92 Å². The van der Waals surface area contributed by atoms with Crippen LogP contribution in [0.1, 0.15) is 29.7 Å². The third-order valence-electron chi connectivity index (χ3n) is 2.82. The van der Waals surface area contributed by atoms with Gasteiger partial charge in [-0.2, -0.15) is 5.10 Å².